The fourth-order valence-electron chi connectivity index (χ4n) is 1.55. The topological polar surface area (TPSA) is 110 Å². The van der Waals surface area contributed by atoms with Crippen molar-refractivity contribution in [3.63, 3.8) is 0 Å². The molecule has 92 valence electrons. The van der Waals surface area contributed by atoms with Crippen molar-refractivity contribution in [2.75, 3.05) is 19.7 Å². The van der Waals surface area contributed by atoms with E-state index in [1.165, 1.54) is 4.90 Å². The smallest absolute Gasteiger partial charge is 0.326 e. The molecule has 2 atom stereocenters. The molecule has 0 saturated carbocycles. The monoisotopic (exact) mass is 232 g/mol. The molecule has 0 aliphatic carbocycles. The average Bonchev–Trinajstić information content (AvgIpc) is 2.64. The molecule has 16 heavy (non-hydrogen) atoms. The maximum absolute atomic E-state index is 11.5. The number of hydrogen-bond acceptors (Lipinski definition) is 4. The molecule has 2 amide bonds. The summed E-state index contributed by atoms with van der Waals surface area (Å²) in [4.78, 5) is 23.6. The number of urea groups is 1. The molecule has 1 heterocycles. The summed E-state index contributed by atoms with van der Waals surface area (Å²) < 4.78 is 0. The molecule has 0 aromatic heterocycles. The van der Waals surface area contributed by atoms with Crippen molar-refractivity contribution in [1.29, 1.82) is 0 Å². The Morgan fingerprint density at radius 3 is 2.62 bits per heavy atom. The van der Waals surface area contributed by atoms with E-state index in [2.05, 4.69) is 5.32 Å². The van der Waals surface area contributed by atoms with Crippen molar-refractivity contribution in [2.45, 2.75) is 25.0 Å². The van der Waals surface area contributed by atoms with Gasteiger partial charge in [-0.05, 0) is 6.42 Å². The fourth-order valence-corrected chi connectivity index (χ4v) is 1.55. The molecule has 0 spiro atoms. The van der Waals surface area contributed by atoms with Crippen LogP contribution < -0.4 is 5.32 Å². The summed E-state index contributed by atoms with van der Waals surface area (Å²) in [6.45, 7) is 0.329. The molecule has 1 saturated heterocycles. The number of carbonyl (C=O) groups is 2. The Labute approximate surface area is 92.7 Å². The van der Waals surface area contributed by atoms with Gasteiger partial charge in [0.1, 0.15) is 6.04 Å². The maximum atomic E-state index is 11.5. The van der Waals surface area contributed by atoms with Crippen LogP contribution in [0.25, 0.3) is 0 Å². The van der Waals surface area contributed by atoms with E-state index in [1.54, 1.807) is 0 Å². The third-order valence-corrected chi connectivity index (χ3v) is 2.46. The van der Waals surface area contributed by atoms with Gasteiger partial charge >= 0.3 is 12.0 Å². The average molecular weight is 232 g/mol. The largest absolute Gasteiger partial charge is 0.480 e. The van der Waals surface area contributed by atoms with Crippen LogP contribution in [0.4, 0.5) is 4.79 Å². The number of β-amino-alcohol motifs (C(OH)–C–C–N with tert-alkyl or cyclic N) is 1. The first-order chi connectivity index (χ1) is 7.54. The summed E-state index contributed by atoms with van der Waals surface area (Å²) in [6.07, 6.45) is -0.0605. The number of rotatable bonds is 4. The molecule has 1 fully saturated rings. The number of nitrogens with zero attached hydrogens (tertiary/aromatic N) is 1. The van der Waals surface area contributed by atoms with E-state index in [1.807, 2.05) is 0 Å². The SMILES string of the molecule is O=C(O)C(CCO)NC(=O)N1CCC(O)C1. The van der Waals surface area contributed by atoms with Gasteiger partial charge in [-0.25, -0.2) is 9.59 Å². The van der Waals surface area contributed by atoms with Gasteiger partial charge < -0.3 is 25.5 Å². The van der Waals surface area contributed by atoms with E-state index in [9.17, 15) is 14.7 Å². The second-order valence-corrected chi connectivity index (χ2v) is 3.74. The number of aliphatic hydroxyl groups excluding tert-OH is 2. The number of aliphatic carboxylic acids is 1. The molecule has 7 nitrogen and oxygen atoms in total. The molecule has 0 bridgehead atoms. The van der Waals surface area contributed by atoms with Crippen LogP contribution in [0.2, 0.25) is 0 Å². The van der Waals surface area contributed by atoms with Crippen molar-refractivity contribution in [2.24, 2.45) is 0 Å². The van der Waals surface area contributed by atoms with Gasteiger partial charge in [0, 0.05) is 26.1 Å². The zero-order chi connectivity index (χ0) is 12.1. The van der Waals surface area contributed by atoms with Gasteiger partial charge in [-0.15, -0.1) is 0 Å². The number of amides is 2. The van der Waals surface area contributed by atoms with E-state index in [0.29, 0.717) is 13.0 Å². The first kappa shape index (κ1) is 12.7. The minimum atomic E-state index is -1.18. The zero-order valence-corrected chi connectivity index (χ0v) is 8.80. The van der Waals surface area contributed by atoms with E-state index >= 15 is 0 Å². The van der Waals surface area contributed by atoms with Crippen LogP contribution in [0.15, 0.2) is 0 Å². The number of likely N-dealkylation sites (tertiary alicyclic amines) is 1. The number of nitrogens with one attached hydrogen (secondary N) is 1. The molecule has 1 aliphatic heterocycles. The predicted octanol–water partition coefficient (Wildman–Crippen LogP) is -1.40. The highest BCUT2D eigenvalue weighted by molar-refractivity contribution is 5.82. The lowest BCUT2D eigenvalue weighted by Crippen LogP contribution is -2.47. The van der Waals surface area contributed by atoms with Crippen molar-refractivity contribution in [3.8, 4) is 0 Å². The number of carbonyl (C=O) groups excluding carboxylic acids is 1. The van der Waals surface area contributed by atoms with E-state index in [-0.39, 0.29) is 19.6 Å². The number of carboxylic acids is 1. The first-order valence-corrected chi connectivity index (χ1v) is 5.11. The highest BCUT2D eigenvalue weighted by Crippen LogP contribution is 2.08. The summed E-state index contributed by atoms with van der Waals surface area (Å²) in [5.41, 5.74) is 0. The van der Waals surface area contributed by atoms with Crippen molar-refractivity contribution in [1.82, 2.24) is 10.2 Å². The highest BCUT2D eigenvalue weighted by atomic mass is 16.4. The molecule has 0 aromatic carbocycles. The Bertz CT molecular complexity index is 271. The molecule has 7 heteroatoms. The molecule has 1 rings (SSSR count). The van der Waals surface area contributed by atoms with Gasteiger partial charge in [-0.2, -0.15) is 0 Å². The minimum absolute atomic E-state index is 0.0303. The lowest BCUT2D eigenvalue weighted by atomic mass is 10.2. The van der Waals surface area contributed by atoms with Crippen molar-refractivity contribution < 1.29 is 24.9 Å². The second kappa shape index (κ2) is 5.66. The molecule has 4 N–H and O–H groups in total. The number of aliphatic hydroxyl groups is 2. The van der Waals surface area contributed by atoms with Crippen LogP contribution in [-0.2, 0) is 4.79 Å². The Balaban J connectivity index is 2.45. The normalized spacial score (nSPS) is 21.9. The Kier molecular flexibility index (Phi) is 4.51. The highest BCUT2D eigenvalue weighted by Gasteiger charge is 2.27. The zero-order valence-electron chi connectivity index (χ0n) is 8.80. The van der Waals surface area contributed by atoms with Gasteiger partial charge in [0.15, 0.2) is 0 Å². The van der Waals surface area contributed by atoms with Gasteiger partial charge in [-0.1, -0.05) is 0 Å². The summed E-state index contributed by atoms with van der Waals surface area (Å²) in [5.74, 6) is -1.18. The molecule has 1 aliphatic rings. The summed E-state index contributed by atoms with van der Waals surface area (Å²) in [6, 6.07) is -1.60. The third-order valence-electron chi connectivity index (χ3n) is 2.46. The third kappa shape index (κ3) is 3.35. The summed E-state index contributed by atoms with van der Waals surface area (Å²) in [7, 11) is 0. The van der Waals surface area contributed by atoms with E-state index in [0.717, 1.165) is 0 Å². The van der Waals surface area contributed by atoms with E-state index < -0.39 is 24.1 Å². The van der Waals surface area contributed by atoms with Crippen molar-refractivity contribution >= 4 is 12.0 Å². The molecule has 0 radical (unpaired) electrons. The van der Waals surface area contributed by atoms with Crippen LogP contribution in [-0.4, -0.2) is 64.1 Å². The fraction of sp³-hybridized carbons (Fsp3) is 0.778. The minimum Gasteiger partial charge on any atom is -0.480 e. The predicted molar refractivity (Wildman–Crippen MR) is 53.9 cm³/mol. The molecular formula is C9H16N2O5. The molecular weight excluding hydrogens is 216 g/mol. The van der Waals surface area contributed by atoms with Gasteiger partial charge in [0.05, 0.1) is 6.10 Å². The second-order valence-electron chi connectivity index (χ2n) is 3.74. The van der Waals surface area contributed by atoms with Gasteiger partial charge in [-0.3, -0.25) is 0 Å². The Morgan fingerprint density at radius 1 is 1.50 bits per heavy atom. The summed E-state index contributed by atoms with van der Waals surface area (Å²) in [5, 5.41) is 28.9. The first-order valence-electron chi connectivity index (χ1n) is 5.11. The quantitative estimate of drug-likeness (QED) is 0.476. The Hall–Kier alpha value is -1.34. The molecule has 0 aromatic rings. The standard InChI is InChI=1S/C9H16N2O5/c12-4-2-7(8(14)15)10-9(16)11-3-1-6(13)5-11/h6-7,12-13H,1-5H2,(H,10,16)(H,14,15). The van der Waals surface area contributed by atoms with Gasteiger partial charge in [0.2, 0.25) is 0 Å². The summed E-state index contributed by atoms with van der Waals surface area (Å²) >= 11 is 0. The van der Waals surface area contributed by atoms with Crippen LogP contribution >= 0.6 is 0 Å². The number of carboxylic acid groups (broad SMARTS) is 1. The van der Waals surface area contributed by atoms with Crippen molar-refractivity contribution in [3.05, 3.63) is 0 Å². The molecule has 2 unspecified atom stereocenters. The lowest BCUT2D eigenvalue weighted by Gasteiger charge is -2.20. The maximum Gasteiger partial charge on any atom is 0.326 e. The van der Waals surface area contributed by atoms with Crippen LogP contribution in [0, 0.1) is 0 Å². The Morgan fingerprint density at radius 2 is 2.19 bits per heavy atom. The van der Waals surface area contributed by atoms with Crippen LogP contribution in [0.5, 0.6) is 0 Å². The van der Waals surface area contributed by atoms with Crippen LogP contribution in [0.3, 0.4) is 0 Å². The van der Waals surface area contributed by atoms with E-state index in [4.69, 9.17) is 10.2 Å². The number of hydrogen-bond donors (Lipinski definition) is 4. The lowest BCUT2D eigenvalue weighted by molar-refractivity contribution is -0.139. The van der Waals surface area contributed by atoms with Crippen LogP contribution in [0.1, 0.15) is 12.8 Å². The van der Waals surface area contributed by atoms with Gasteiger partial charge in [0.25, 0.3) is 0 Å².